The number of halogens is 3. The van der Waals surface area contributed by atoms with Gasteiger partial charge in [-0.15, -0.1) is 13.2 Å². The Balaban J connectivity index is 2.90. The molecule has 13 heavy (non-hydrogen) atoms. The highest BCUT2D eigenvalue weighted by atomic mass is 19.4. The van der Waals surface area contributed by atoms with Crippen LogP contribution in [-0.2, 0) is 0 Å². The molecule has 0 N–H and O–H groups in total. The molecule has 0 aromatic heterocycles. The van der Waals surface area contributed by atoms with Crippen molar-refractivity contribution < 1.29 is 17.9 Å². The molecule has 1 rings (SSSR count). The van der Waals surface area contributed by atoms with Crippen LogP contribution in [0.3, 0.4) is 0 Å². The van der Waals surface area contributed by atoms with Gasteiger partial charge in [0.2, 0.25) is 0 Å². The summed E-state index contributed by atoms with van der Waals surface area (Å²) in [5, 5.41) is 0. The van der Waals surface area contributed by atoms with Gasteiger partial charge in [-0.05, 0) is 24.6 Å². The van der Waals surface area contributed by atoms with Gasteiger partial charge in [-0.2, -0.15) is 0 Å². The minimum absolute atomic E-state index is 0.162. The maximum absolute atomic E-state index is 11.8. The number of rotatable bonds is 1. The van der Waals surface area contributed by atoms with E-state index in [0.29, 0.717) is 0 Å². The van der Waals surface area contributed by atoms with Gasteiger partial charge < -0.3 is 4.74 Å². The van der Waals surface area contributed by atoms with Crippen LogP contribution in [0, 0.1) is 6.92 Å². The molecule has 0 amide bonds. The topological polar surface area (TPSA) is 9.23 Å². The van der Waals surface area contributed by atoms with Crippen LogP contribution in [-0.4, -0.2) is 14.2 Å². The third-order valence-corrected chi connectivity index (χ3v) is 1.43. The Bertz CT molecular complexity index is 288. The van der Waals surface area contributed by atoms with Crippen molar-refractivity contribution in [3.63, 3.8) is 0 Å². The molecule has 1 nitrogen and oxygen atoms in total. The number of alkyl halides is 3. The van der Waals surface area contributed by atoms with E-state index in [9.17, 15) is 13.2 Å². The molecule has 0 heterocycles. The van der Waals surface area contributed by atoms with E-state index in [0.717, 1.165) is 11.0 Å². The van der Waals surface area contributed by atoms with Crippen molar-refractivity contribution in [2.45, 2.75) is 13.3 Å². The molecule has 0 unspecified atom stereocenters. The van der Waals surface area contributed by atoms with E-state index in [1.54, 1.807) is 20.8 Å². The van der Waals surface area contributed by atoms with Gasteiger partial charge in [0.25, 0.3) is 0 Å². The Labute approximate surface area is 74.9 Å². The Hall–Kier alpha value is -1.13. The third-order valence-electron chi connectivity index (χ3n) is 1.43. The van der Waals surface area contributed by atoms with Gasteiger partial charge >= 0.3 is 6.36 Å². The van der Waals surface area contributed by atoms with E-state index >= 15 is 0 Å². The molecule has 0 spiro atoms. The maximum Gasteiger partial charge on any atom is 0.573 e. The molecular weight excluding hydrogens is 180 g/mol. The second-order valence-corrected chi connectivity index (χ2v) is 2.87. The molecule has 1 aromatic carbocycles. The number of hydrogen-bond acceptors (Lipinski definition) is 1. The van der Waals surface area contributed by atoms with Gasteiger partial charge in [-0.1, -0.05) is 11.5 Å². The molecule has 0 aliphatic rings. The number of benzene rings is 1. The van der Waals surface area contributed by atoms with Crippen molar-refractivity contribution in [3.05, 3.63) is 23.8 Å². The smallest absolute Gasteiger partial charge is 0.406 e. The van der Waals surface area contributed by atoms with Crippen LogP contribution in [0.25, 0.3) is 0 Å². The molecule has 0 saturated carbocycles. The predicted octanol–water partition coefficient (Wildman–Crippen LogP) is 1.15. The first-order chi connectivity index (χ1) is 5.87. The highest BCUT2D eigenvalue weighted by molar-refractivity contribution is 6.32. The average Bonchev–Trinajstić information content (AvgIpc) is 1.78. The van der Waals surface area contributed by atoms with Crippen molar-refractivity contribution in [2.75, 3.05) is 0 Å². The summed E-state index contributed by atoms with van der Waals surface area (Å²) in [5.74, 6) is -0.162. The molecule has 0 radical (unpaired) electrons. The Morgan fingerprint density at radius 3 is 2.31 bits per heavy atom. The summed E-state index contributed by atoms with van der Waals surface area (Å²) < 4.78 is 39.1. The van der Waals surface area contributed by atoms with Crippen LogP contribution in [0.1, 0.15) is 5.56 Å². The van der Waals surface area contributed by atoms with Crippen LogP contribution >= 0.6 is 0 Å². The van der Waals surface area contributed by atoms with Gasteiger partial charge in [-0.25, -0.2) is 0 Å². The summed E-state index contributed by atoms with van der Waals surface area (Å²) in [7, 11) is 1.72. The number of aryl methyl sites for hydroxylation is 1. The molecule has 0 saturated heterocycles. The zero-order valence-electron chi connectivity index (χ0n) is 7.27. The van der Waals surface area contributed by atoms with E-state index in [-0.39, 0.29) is 5.75 Å². The zero-order valence-corrected chi connectivity index (χ0v) is 7.27. The Morgan fingerprint density at radius 2 is 1.85 bits per heavy atom. The lowest BCUT2D eigenvalue weighted by Crippen LogP contribution is -2.18. The first-order valence-corrected chi connectivity index (χ1v) is 3.71. The van der Waals surface area contributed by atoms with Crippen LogP contribution in [0.2, 0.25) is 0 Å². The molecule has 5 heteroatoms. The van der Waals surface area contributed by atoms with Crippen LogP contribution < -0.4 is 10.2 Å². The minimum Gasteiger partial charge on any atom is -0.406 e. The maximum atomic E-state index is 11.8. The second-order valence-electron chi connectivity index (χ2n) is 2.87. The lowest BCUT2D eigenvalue weighted by Gasteiger charge is -2.09. The van der Waals surface area contributed by atoms with Crippen LogP contribution in [0.5, 0.6) is 5.75 Å². The van der Waals surface area contributed by atoms with Gasteiger partial charge in [0, 0.05) is 0 Å². The van der Waals surface area contributed by atoms with Gasteiger partial charge in [-0.3, -0.25) is 0 Å². The van der Waals surface area contributed by atoms with E-state index in [1.165, 1.54) is 12.1 Å². The first-order valence-electron chi connectivity index (χ1n) is 3.71. The molecule has 0 aliphatic heterocycles. The van der Waals surface area contributed by atoms with Gasteiger partial charge in [0.1, 0.15) is 13.6 Å². The largest absolute Gasteiger partial charge is 0.573 e. The molecule has 70 valence electrons. The predicted molar refractivity (Wildman–Crippen MR) is 46.0 cm³/mol. The van der Waals surface area contributed by atoms with Crippen molar-refractivity contribution in [3.8, 4) is 5.75 Å². The summed E-state index contributed by atoms with van der Waals surface area (Å²) >= 11 is 0. The SMILES string of the molecule is Bc1cc(C)cc(OC(F)(F)F)c1. The Kier molecular flexibility index (Phi) is 2.54. The molecule has 0 aliphatic carbocycles. The Morgan fingerprint density at radius 1 is 1.23 bits per heavy atom. The number of ether oxygens (including phenoxy) is 1. The second kappa shape index (κ2) is 3.32. The fourth-order valence-corrected chi connectivity index (χ4v) is 1.13. The summed E-state index contributed by atoms with van der Waals surface area (Å²) in [6.45, 7) is 1.72. The van der Waals surface area contributed by atoms with E-state index < -0.39 is 6.36 Å². The van der Waals surface area contributed by atoms with Crippen molar-refractivity contribution in [1.29, 1.82) is 0 Å². The lowest BCUT2D eigenvalue weighted by molar-refractivity contribution is -0.274. The van der Waals surface area contributed by atoms with Crippen molar-refractivity contribution in [2.24, 2.45) is 0 Å². The van der Waals surface area contributed by atoms with Crippen LogP contribution in [0.4, 0.5) is 13.2 Å². The highest BCUT2D eigenvalue weighted by Crippen LogP contribution is 2.22. The fraction of sp³-hybridized carbons (Fsp3) is 0.250. The lowest BCUT2D eigenvalue weighted by atomic mass is 9.94. The molecule has 0 bridgehead atoms. The standard InChI is InChI=1S/C8H8BF3O/c1-5-2-6(9)4-7(3-5)13-8(10,11)12/h2-4H,9H2,1H3. The fourth-order valence-electron chi connectivity index (χ4n) is 1.13. The molecule has 0 fully saturated rings. The van der Waals surface area contributed by atoms with Crippen molar-refractivity contribution in [1.82, 2.24) is 0 Å². The van der Waals surface area contributed by atoms with E-state index in [2.05, 4.69) is 4.74 Å². The number of hydrogen-bond donors (Lipinski definition) is 0. The average molecular weight is 188 g/mol. The van der Waals surface area contributed by atoms with Gasteiger partial charge in [0.05, 0.1) is 0 Å². The highest BCUT2D eigenvalue weighted by Gasteiger charge is 2.31. The van der Waals surface area contributed by atoms with E-state index in [4.69, 9.17) is 0 Å². The van der Waals surface area contributed by atoms with Gasteiger partial charge in [0.15, 0.2) is 0 Å². The quantitative estimate of drug-likeness (QED) is 0.600. The third kappa shape index (κ3) is 3.40. The summed E-state index contributed by atoms with van der Waals surface area (Å²) in [6, 6.07) is 4.48. The molecule has 0 atom stereocenters. The molecular formula is C8H8BF3O. The summed E-state index contributed by atoms with van der Waals surface area (Å²) in [5.41, 5.74) is 1.50. The monoisotopic (exact) mass is 188 g/mol. The van der Waals surface area contributed by atoms with Crippen LogP contribution in [0.15, 0.2) is 18.2 Å². The summed E-state index contributed by atoms with van der Waals surface area (Å²) in [4.78, 5) is 0. The van der Waals surface area contributed by atoms with E-state index in [1.807, 2.05) is 0 Å². The minimum atomic E-state index is -4.61. The zero-order chi connectivity index (χ0) is 10.1. The first kappa shape index (κ1) is 9.96. The van der Waals surface area contributed by atoms with Crippen molar-refractivity contribution >= 4 is 13.3 Å². The molecule has 1 aromatic rings. The normalized spacial score (nSPS) is 11.4. The summed E-state index contributed by atoms with van der Waals surface area (Å²) in [6.07, 6.45) is -4.61.